The van der Waals surface area contributed by atoms with Gasteiger partial charge in [-0.05, 0) is 23.8 Å². The molecule has 1 aromatic carbocycles. The third kappa shape index (κ3) is 3.40. The van der Waals surface area contributed by atoms with Gasteiger partial charge in [0, 0.05) is 41.0 Å². The third-order valence-electron chi connectivity index (χ3n) is 2.62. The van der Waals surface area contributed by atoms with Crippen LogP contribution in [-0.2, 0) is 17.6 Å². The number of nitrogens with two attached hydrogens (primary N) is 1. The second-order valence-corrected chi connectivity index (χ2v) is 5.01. The van der Waals surface area contributed by atoms with Crippen LogP contribution in [0.15, 0.2) is 47.2 Å². The molecule has 0 saturated heterocycles. The summed E-state index contributed by atoms with van der Waals surface area (Å²) in [4.78, 5) is 15.9. The van der Waals surface area contributed by atoms with Crippen molar-refractivity contribution < 1.29 is 4.79 Å². The highest BCUT2D eigenvalue weighted by molar-refractivity contribution is 9.10. The number of hydrogen-bond acceptors (Lipinski definition) is 3. The predicted octanol–water partition coefficient (Wildman–Crippen LogP) is 2.78. The van der Waals surface area contributed by atoms with Gasteiger partial charge < -0.3 is 5.73 Å². The lowest BCUT2D eigenvalue weighted by molar-refractivity contribution is -0.117. The topological polar surface area (TPSA) is 56.0 Å². The summed E-state index contributed by atoms with van der Waals surface area (Å²) in [5.41, 5.74) is 8.19. The highest BCUT2D eigenvalue weighted by Gasteiger charge is 2.08. The molecule has 0 atom stereocenters. The van der Waals surface area contributed by atoms with Gasteiger partial charge in [-0.3, -0.25) is 9.78 Å². The normalized spacial score (nSPS) is 10.3. The largest absolute Gasteiger partial charge is 0.398 e. The zero-order chi connectivity index (χ0) is 13.0. The van der Waals surface area contributed by atoms with Crippen LogP contribution in [0.4, 0.5) is 5.69 Å². The fraction of sp³-hybridized carbons (Fsp3) is 0.143. The lowest BCUT2D eigenvalue weighted by Gasteiger charge is -2.04. The van der Waals surface area contributed by atoms with Gasteiger partial charge in [-0.25, -0.2) is 0 Å². The molecule has 2 rings (SSSR count). The number of aromatic nitrogens is 1. The maximum absolute atomic E-state index is 11.9. The molecule has 0 unspecified atom stereocenters. The highest BCUT2D eigenvalue weighted by Crippen LogP contribution is 2.14. The molecule has 0 aliphatic carbocycles. The second kappa shape index (κ2) is 5.78. The van der Waals surface area contributed by atoms with Crippen molar-refractivity contribution in [1.82, 2.24) is 4.98 Å². The Labute approximate surface area is 114 Å². The number of carbonyl (C=O) groups is 1. The zero-order valence-corrected chi connectivity index (χ0v) is 11.4. The van der Waals surface area contributed by atoms with Crippen molar-refractivity contribution in [3.8, 4) is 0 Å². The summed E-state index contributed by atoms with van der Waals surface area (Å²) in [5, 5.41) is 0. The number of nitrogens with zero attached hydrogens (tertiary/aromatic N) is 1. The first-order chi connectivity index (χ1) is 8.65. The number of anilines is 1. The number of halogens is 1. The lowest BCUT2D eigenvalue weighted by Crippen LogP contribution is -2.08. The molecule has 2 aromatic rings. The molecule has 0 amide bonds. The van der Waals surface area contributed by atoms with E-state index in [1.165, 1.54) is 0 Å². The average molecular weight is 305 g/mol. The van der Waals surface area contributed by atoms with Crippen molar-refractivity contribution in [2.24, 2.45) is 0 Å². The van der Waals surface area contributed by atoms with E-state index in [2.05, 4.69) is 20.9 Å². The fourth-order valence-electron chi connectivity index (χ4n) is 1.74. The minimum atomic E-state index is 0.132. The van der Waals surface area contributed by atoms with Gasteiger partial charge in [0.25, 0.3) is 0 Å². The minimum Gasteiger partial charge on any atom is -0.398 e. The van der Waals surface area contributed by atoms with E-state index in [1.807, 2.05) is 24.3 Å². The predicted molar refractivity (Wildman–Crippen MR) is 75.2 cm³/mol. The summed E-state index contributed by atoms with van der Waals surface area (Å²) < 4.78 is 0.980. The van der Waals surface area contributed by atoms with E-state index >= 15 is 0 Å². The van der Waals surface area contributed by atoms with Crippen LogP contribution >= 0.6 is 15.9 Å². The molecule has 0 saturated carbocycles. The molecule has 0 radical (unpaired) electrons. The van der Waals surface area contributed by atoms with Gasteiger partial charge in [-0.1, -0.05) is 28.1 Å². The van der Waals surface area contributed by atoms with E-state index < -0.39 is 0 Å². The van der Waals surface area contributed by atoms with E-state index in [9.17, 15) is 4.79 Å². The first kappa shape index (κ1) is 12.8. The molecular formula is C14H13BrN2O. The number of rotatable bonds is 4. The van der Waals surface area contributed by atoms with Gasteiger partial charge in [0.15, 0.2) is 0 Å². The van der Waals surface area contributed by atoms with Gasteiger partial charge in [0.1, 0.15) is 5.78 Å². The number of hydrogen-bond donors (Lipinski definition) is 1. The molecule has 1 heterocycles. The van der Waals surface area contributed by atoms with Crippen molar-refractivity contribution in [2.45, 2.75) is 12.8 Å². The molecule has 0 bridgehead atoms. The summed E-state index contributed by atoms with van der Waals surface area (Å²) in [6.45, 7) is 0. The maximum Gasteiger partial charge on any atom is 0.141 e. The van der Waals surface area contributed by atoms with Crippen molar-refractivity contribution in [3.05, 3.63) is 58.3 Å². The van der Waals surface area contributed by atoms with E-state index in [0.29, 0.717) is 18.5 Å². The van der Waals surface area contributed by atoms with Crippen molar-refractivity contribution in [1.29, 1.82) is 0 Å². The van der Waals surface area contributed by atoms with Crippen molar-refractivity contribution in [2.75, 3.05) is 5.73 Å². The van der Waals surface area contributed by atoms with Crippen LogP contribution in [0.1, 0.15) is 11.1 Å². The first-order valence-electron chi connectivity index (χ1n) is 5.59. The quantitative estimate of drug-likeness (QED) is 0.945. The Morgan fingerprint density at radius 2 is 2.11 bits per heavy atom. The standard InChI is InChI=1S/C14H13BrN2O/c15-12-3-1-2-10(6-12)7-13(18)8-11-9-17-5-4-14(11)16/h1-6,9H,7-8H2,(H2,16,17). The molecule has 1 aromatic heterocycles. The van der Waals surface area contributed by atoms with Crippen LogP contribution in [0.2, 0.25) is 0 Å². The molecule has 92 valence electrons. The zero-order valence-electron chi connectivity index (χ0n) is 9.77. The van der Waals surface area contributed by atoms with Gasteiger partial charge in [0.05, 0.1) is 0 Å². The highest BCUT2D eigenvalue weighted by atomic mass is 79.9. The van der Waals surface area contributed by atoms with Crippen molar-refractivity contribution >= 4 is 27.4 Å². The van der Waals surface area contributed by atoms with E-state index in [4.69, 9.17) is 5.73 Å². The molecule has 18 heavy (non-hydrogen) atoms. The fourth-order valence-corrected chi connectivity index (χ4v) is 2.18. The summed E-state index contributed by atoms with van der Waals surface area (Å²) in [6.07, 6.45) is 4.01. The van der Waals surface area contributed by atoms with Gasteiger partial charge >= 0.3 is 0 Å². The SMILES string of the molecule is Nc1ccncc1CC(=O)Cc1cccc(Br)c1. The third-order valence-corrected chi connectivity index (χ3v) is 3.11. The summed E-state index contributed by atoms with van der Waals surface area (Å²) in [6, 6.07) is 9.46. The van der Waals surface area contributed by atoms with Gasteiger partial charge in [-0.2, -0.15) is 0 Å². The molecule has 2 N–H and O–H groups in total. The minimum absolute atomic E-state index is 0.132. The number of carbonyl (C=O) groups excluding carboxylic acids is 1. The Morgan fingerprint density at radius 3 is 2.83 bits per heavy atom. The molecule has 0 spiro atoms. The van der Waals surface area contributed by atoms with Crippen LogP contribution in [0.5, 0.6) is 0 Å². The molecule has 0 aliphatic heterocycles. The molecule has 4 heteroatoms. The Morgan fingerprint density at radius 1 is 1.28 bits per heavy atom. The maximum atomic E-state index is 11.9. The first-order valence-corrected chi connectivity index (χ1v) is 6.39. The number of nitrogen functional groups attached to an aromatic ring is 1. The number of benzene rings is 1. The monoisotopic (exact) mass is 304 g/mol. The summed E-state index contributed by atoms with van der Waals surface area (Å²) >= 11 is 3.39. The number of ketones is 1. The molecule has 0 fully saturated rings. The molecule has 3 nitrogen and oxygen atoms in total. The number of Topliss-reactive ketones (excluding diaryl/α,β-unsaturated/α-hetero) is 1. The van der Waals surface area contributed by atoms with Crippen molar-refractivity contribution in [3.63, 3.8) is 0 Å². The second-order valence-electron chi connectivity index (χ2n) is 4.10. The Kier molecular flexibility index (Phi) is 4.10. The Balaban J connectivity index is 2.03. The Bertz CT molecular complexity index is 569. The smallest absolute Gasteiger partial charge is 0.141 e. The van der Waals surface area contributed by atoms with Gasteiger partial charge in [-0.15, -0.1) is 0 Å². The van der Waals surface area contributed by atoms with Gasteiger partial charge in [0.2, 0.25) is 0 Å². The van der Waals surface area contributed by atoms with Crippen LogP contribution in [-0.4, -0.2) is 10.8 Å². The number of pyridine rings is 1. The summed E-state index contributed by atoms with van der Waals surface area (Å²) in [5.74, 6) is 0.132. The Hall–Kier alpha value is -1.68. The van der Waals surface area contributed by atoms with Crippen LogP contribution in [0.3, 0.4) is 0 Å². The average Bonchev–Trinajstić information content (AvgIpc) is 2.32. The van der Waals surface area contributed by atoms with E-state index in [0.717, 1.165) is 15.6 Å². The van der Waals surface area contributed by atoms with E-state index in [1.54, 1.807) is 18.5 Å². The van der Waals surface area contributed by atoms with Crippen LogP contribution < -0.4 is 5.73 Å². The van der Waals surface area contributed by atoms with E-state index in [-0.39, 0.29) is 5.78 Å². The summed E-state index contributed by atoms with van der Waals surface area (Å²) in [7, 11) is 0. The molecule has 0 aliphatic rings. The lowest BCUT2D eigenvalue weighted by atomic mass is 10.0. The molecular weight excluding hydrogens is 292 g/mol. The van der Waals surface area contributed by atoms with Crippen LogP contribution in [0, 0.1) is 0 Å². The van der Waals surface area contributed by atoms with Crippen LogP contribution in [0.25, 0.3) is 0 Å².